The zero-order valence-corrected chi connectivity index (χ0v) is 22.3. The average Bonchev–Trinajstić information content (AvgIpc) is 2.82. The van der Waals surface area contributed by atoms with Crippen molar-refractivity contribution in [2.45, 2.75) is 161 Å². The molecule has 0 saturated carbocycles. The summed E-state index contributed by atoms with van der Waals surface area (Å²) in [6, 6.07) is 0. The molecular weight excluding hydrogens is 428 g/mol. The molecule has 34 heavy (non-hydrogen) atoms. The number of hydrogen-bond acceptors (Lipinski definition) is 4. The molecule has 0 radical (unpaired) electrons. The smallest absolute Gasteiger partial charge is 0.334 e. The van der Waals surface area contributed by atoms with Gasteiger partial charge in [0.05, 0.1) is 11.7 Å². The van der Waals surface area contributed by atoms with Crippen molar-refractivity contribution in [2.75, 3.05) is 6.61 Å². The van der Waals surface area contributed by atoms with Gasteiger partial charge in [0.1, 0.15) is 5.76 Å². The monoisotopic (exact) mass is 482 g/mol. The van der Waals surface area contributed by atoms with Gasteiger partial charge in [-0.1, -0.05) is 110 Å². The molecule has 0 unspecified atom stereocenters. The fraction of sp³-hybridized carbons (Fsp3) is 0.897. The van der Waals surface area contributed by atoms with E-state index in [1.807, 2.05) is 0 Å². The van der Waals surface area contributed by atoms with E-state index in [9.17, 15) is 15.0 Å². The van der Waals surface area contributed by atoms with Crippen molar-refractivity contribution in [1.29, 1.82) is 0 Å². The van der Waals surface area contributed by atoms with Crippen molar-refractivity contribution in [3.63, 3.8) is 0 Å². The third kappa shape index (κ3) is 15.8. The summed E-state index contributed by atoms with van der Waals surface area (Å²) in [6.45, 7) is 4.75. The molecule has 1 rings (SSSR count). The van der Waals surface area contributed by atoms with E-state index in [0.717, 1.165) is 38.5 Å². The molecule has 0 aliphatic carbocycles. The Morgan fingerprint density at radius 3 is 1.79 bits per heavy atom. The van der Waals surface area contributed by atoms with Crippen LogP contribution in [0.1, 0.15) is 149 Å². The van der Waals surface area contributed by atoms with Gasteiger partial charge in [-0.15, -0.1) is 0 Å². The Bertz CT molecular complexity index is 525. The summed E-state index contributed by atoms with van der Waals surface area (Å²) in [5.74, 6) is -1.09. The third-order valence-corrected chi connectivity index (χ3v) is 6.99. The van der Waals surface area contributed by atoms with E-state index in [1.54, 1.807) is 6.92 Å². The fourth-order valence-electron chi connectivity index (χ4n) is 4.81. The van der Waals surface area contributed by atoms with Crippen LogP contribution >= 0.6 is 0 Å². The summed E-state index contributed by atoms with van der Waals surface area (Å²) in [5.41, 5.74) is 0.0923. The molecule has 5 heteroatoms. The summed E-state index contributed by atoms with van der Waals surface area (Å²) in [6.07, 6.45) is 24.0. The number of hydrogen-bond donors (Lipinski definition) is 2. The molecule has 0 aromatic heterocycles. The van der Waals surface area contributed by atoms with Crippen LogP contribution in [-0.4, -0.2) is 35.2 Å². The van der Waals surface area contributed by atoms with Crippen LogP contribution in [0, 0.1) is 0 Å². The largest absolute Gasteiger partial charge is 0.512 e. The van der Waals surface area contributed by atoms with Crippen molar-refractivity contribution in [3.8, 4) is 0 Å². The number of aliphatic hydroxyl groups excluding tert-OH is 1. The van der Waals surface area contributed by atoms with Gasteiger partial charge in [-0.25, -0.2) is 4.79 Å². The zero-order chi connectivity index (χ0) is 24.9. The molecule has 0 aromatic rings. The number of carboxylic acids is 1. The molecule has 1 aliphatic heterocycles. The zero-order valence-electron chi connectivity index (χ0n) is 22.3. The molecule has 0 amide bonds. The fourth-order valence-corrected chi connectivity index (χ4v) is 4.81. The summed E-state index contributed by atoms with van der Waals surface area (Å²) in [5, 5.41) is 19.7. The number of unbranched alkanes of at least 4 members (excludes halogenated alkanes) is 14. The van der Waals surface area contributed by atoms with E-state index >= 15 is 0 Å². The van der Waals surface area contributed by atoms with Gasteiger partial charge in [-0.3, -0.25) is 0 Å². The first-order valence-corrected chi connectivity index (χ1v) is 14.5. The Hall–Kier alpha value is -1.07. The average molecular weight is 483 g/mol. The van der Waals surface area contributed by atoms with Crippen LogP contribution in [0.4, 0.5) is 0 Å². The van der Waals surface area contributed by atoms with E-state index < -0.39 is 5.97 Å². The Labute approximate surface area is 209 Å². The quantitative estimate of drug-likeness (QED) is 0.0915. The second kappa shape index (κ2) is 21.2. The van der Waals surface area contributed by atoms with Crippen molar-refractivity contribution in [3.05, 3.63) is 11.3 Å². The van der Waals surface area contributed by atoms with Crippen molar-refractivity contribution in [1.82, 2.24) is 0 Å². The lowest BCUT2D eigenvalue weighted by molar-refractivity contribution is -0.190. The number of ether oxygens (including phenoxy) is 2. The van der Waals surface area contributed by atoms with Gasteiger partial charge in [0, 0.05) is 13.0 Å². The van der Waals surface area contributed by atoms with Crippen LogP contribution in [0.5, 0.6) is 0 Å². The summed E-state index contributed by atoms with van der Waals surface area (Å²) in [4.78, 5) is 11.4. The number of carboxylic acid groups (broad SMARTS) is 1. The van der Waals surface area contributed by atoms with Gasteiger partial charge >= 0.3 is 5.97 Å². The molecule has 1 fully saturated rings. The predicted molar refractivity (Wildman–Crippen MR) is 140 cm³/mol. The van der Waals surface area contributed by atoms with Crippen LogP contribution in [0.25, 0.3) is 0 Å². The predicted octanol–water partition coefficient (Wildman–Crippen LogP) is 8.86. The molecule has 1 saturated heterocycles. The van der Waals surface area contributed by atoms with Gasteiger partial charge in [0.25, 0.3) is 0 Å². The highest BCUT2D eigenvalue weighted by Crippen LogP contribution is 2.23. The summed E-state index contributed by atoms with van der Waals surface area (Å²) in [7, 11) is 0. The van der Waals surface area contributed by atoms with Gasteiger partial charge in [0.2, 0.25) is 0 Å². The molecule has 2 atom stereocenters. The lowest BCUT2D eigenvalue weighted by Crippen LogP contribution is -2.28. The molecule has 0 bridgehead atoms. The highest BCUT2D eigenvalue weighted by molar-refractivity contribution is 5.86. The molecule has 5 nitrogen and oxygen atoms in total. The minimum Gasteiger partial charge on any atom is -0.512 e. The SMILES string of the molecule is CCCCCCCCCCCCCCCCC[C@H](C/C(O)=C(\CC)C(=O)O)O[C@H]1CCCCO1. The summed E-state index contributed by atoms with van der Waals surface area (Å²) < 4.78 is 11.9. The number of aliphatic carboxylic acids is 1. The minimum atomic E-state index is -1.04. The molecule has 2 N–H and O–H groups in total. The topological polar surface area (TPSA) is 76.0 Å². The van der Waals surface area contributed by atoms with Gasteiger partial charge in [-0.05, 0) is 32.1 Å². The van der Waals surface area contributed by atoms with Crippen molar-refractivity contribution >= 4 is 5.97 Å². The molecular formula is C29H54O5. The number of carbonyl (C=O) groups is 1. The second-order valence-electron chi connectivity index (χ2n) is 10.1. The first-order valence-electron chi connectivity index (χ1n) is 14.5. The van der Waals surface area contributed by atoms with Gasteiger partial charge in [0.15, 0.2) is 6.29 Å². The first-order chi connectivity index (χ1) is 16.6. The first kappa shape index (κ1) is 31.0. The van der Waals surface area contributed by atoms with Crippen LogP contribution in [0.2, 0.25) is 0 Å². The Morgan fingerprint density at radius 2 is 1.35 bits per heavy atom. The van der Waals surface area contributed by atoms with Gasteiger partial charge in [-0.2, -0.15) is 0 Å². The summed E-state index contributed by atoms with van der Waals surface area (Å²) >= 11 is 0. The maximum atomic E-state index is 11.4. The Morgan fingerprint density at radius 1 is 0.824 bits per heavy atom. The van der Waals surface area contributed by atoms with Crippen LogP contribution in [0.3, 0.4) is 0 Å². The third-order valence-electron chi connectivity index (χ3n) is 6.99. The maximum Gasteiger partial charge on any atom is 0.334 e. The molecule has 1 aliphatic rings. The molecule has 0 spiro atoms. The van der Waals surface area contributed by atoms with E-state index in [4.69, 9.17) is 9.47 Å². The van der Waals surface area contributed by atoms with Crippen LogP contribution in [-0.2, 0) is 14.3 Å². The van der Waals surface area contributed by atoms with E-state index in [0.29, 0.717) is 13.0 Å². The van der Waals surface area contributed by atoms with Crippen molar-refractivity contribution < 1.29 is 24.5 Å². The van der Waals surface area contributed by atoms with E-state index in [1.165, 1.54) is 83.5 Å². The minimum absolute atomic E-state index is 0.0447. The Kier molecular flexibility index (Phi) is 19.3. The van der Waals surface area contributed by atoms with E-state index in [-0.39, 0.29) is 30.1 Å². The van der Waals surface area contributed by atoms with Crippen LogP contribution < -0.4 is 0 Å². The van der Waals surface area contributed by atoms with Crippen molar-refractivity contribution in [2.24, 2.45) is 0 Å². The highest BCUT2D eigenvalue weighted by atomic mass is 16.7. The number of aliphatic hydroxyl groups is 1. The number of rotatable bonds is 22. The Balaban J connectivity index is 2.17. The van der Waals surface area contributed by atoms with Crippen LogP contribution in [0.15, 0.2) is 11.3 Å². The van der Waals surface area contributed by atoms with E-state index in [2.05, 4.69) is 6.92 Å². The second-order valence-corrected chi connectivity index (χ2v) is 10.1. The molecule has 200 valence electrons. The normalized spacial score (nSPS) is 18.0. The lowest BCUT2D eigenvalue weighted by atomic mass is 10.0. The maximum absolute atomic E-state index is 11.4. The highest BCUT2D eigenvalue weighted by Gasteiger charge is 2.22. The standard InChI is InChI=1S/C29H54O5/c1-3-5-6-7-8-9-10-11-12-13-14-15-16-17-18-21-25(34-28-22-19-20-23-33-28)24-27(30)26(4-2)29(31)32/h25,28,30H,3-24H2,1-2H3,(H,31,32)/b27-26-/t25-,28+/m1/s1. The van der Waals surface area contributed by atoms with Gasteiger partial charge < -0.3 is 19.7 Å². The molecule has 1 heterocycles. The lowest BCUT2D eigenvalue weighted by Gasteiger charge is -2.28. The molecule has 0 aromatic carbocycles.